The van der Waals surface area contributed by atoms with Crippen LogP contribution in [0.15, 0.2) is 24.3 Å². The highest BCUT2D eigenvalue weighted by Crippen LogP contribution is 2.37. The molecule has 0 saturated carbocycles. The fourth-order valence-electron chi connectivity index (χ4n) is 3.49. The van der Waals surface area contributed by atoms with Crippen molar-refractivity contribution in [3.05, 3.63) is 35.4 Å². The molecule has 0 unspecified atom stereocenters. The molecule has 2 rings (SSSR count). The molecule has 0 aliphatic heterocycles. The monoisotopic (exact) mass is 273 g/mol. The third-order valence-corrected chi connectivity index (χ3v) is 4.88. The SMILES string of the molecule is CCCCN(CCCC)C[C@H]1Cc2ccccc2[C@@H]1C. The smallest absolute Gasteiger partial charge is 0.00186 e. The second-order valence-corrected chi connectivity index (χ2v) is 6.46. The molecule has 20 heavy (non-hydrogen) atoms. The summed E-state index contributed by atoms with van der Waals surface area (Å²) in [4.78, 5) is 2.72. The van der Waals surface area contributed by atoms with E-state index in [-0.39, 0.29) is 0 Å². The standard InChI is InChI=1S/C19H31N/c1-4-6-12-20(13-7-5-2)15-18-14-17-10-8-9-11-19(17)16(18)3/h8-11,16,18H,4-7,12-15H2,1-3H3/t16-,18-/m1/s1. The maximum absolute atomic E-state index is 2.72. The number of hydrogen-bond donors (Lipinski definition) is 0. The van der Waals surface area contributed by atoms with Gasteiger partial charge in [0.1, 0.15) is 0 Å². The Hall–Kier alpha value is -0.820. The van der Waals surface area contributed by atoms with Gasteiger partial charge < -0.3 is 4.90 Å². The molecule has 0 amide bonds. The molecule has 0 radical (unpaired) electrons. The maximum atomic E-state index is 2.72. The molecule has 1 heteroatoms. The number of hydrogen-bond acceptors (Lipinski definition) is 1. The largest absolute Gasteiger partial charge is 0.303 e. The van der Waals surface area contributed by atoms with Gasteiger partial charge >= 0.3 is 0 Å². The number of unbranched alkanes of at least 4 members (excludes halogenated alkanes) is 2. The Morgan fingerprint density at radius 2 is 1.70 bits per heavy atom. The van der Waals surface area contributed by atoms with E-state index in [2.05, 4.69) is 49.9 Å². The van der Waals surface area contributed by atoms with Crippen LogP contribution in [0.1, 0.15) is 63.5 Å². The van der Waals surface area contributed by atoms with E-state index < -0.39 is 0 Å². The van der Waals surface area contributed by atoms with Crippen molar-refractivity contribution in [2.45, 2.75) is 58.8 Å². The van der Waals surface area contributed by atoms with E-state index in [0.29, 0.717) is 0 Å². The molecular formula is C19H31N. The van der Waals surface area contributed by atoms with Gasteiger partial charge in [0.2, 0.25) is 0 Å². The van der Waals surface area contributed by atoms with Crippen LogP contribution in [0.4, 0.5) is 0 Å². The van der Waals surface area contributed by atoms with Crippen molar-refractivity contribution in [3.63, 3.8) is 0 Å². The van der Waals surface area contributed by atoms with Gasteiger partial charge in [0.15, 0.2) is 0 Å². The summed E-state index contributed by atoms with van der Waals surface area (Å²) in [6.45, 7) is 10.9. The average Bonchev–Trinajstić information content (AvgIpc) is 2.79. The summed E-state index contributed by atoms with van der Waals surface area (Å²) in [5.41, 5.74) is 3.19. The van der Waals surface area contributed by atoms with Crippen LogP contribution in [0, 0.1) is 5.92 Å². The summed E-state index contributed by atoms with van der Waals surface area (Å²) in [6.07, 6.45) is 6.59. The Kier molecular flexibility index (Phi) is 6.09. The summed E-state index contributed by atoms with van der Waals surface area (Å²) in [5.74, 6) is 1.55. The molecule has 1 aliphatic carbocycles. The van der Waals surface area contributed by atoms with E-state index in [1.54, 1.807) is 11.1 Å². The highest BCUT2D eigenvalue weighted by molar-refractivity contribution is 5.35. The average molecular weight is 273 g/mol. The van der Waals surface area contributed by atoms with Crippen molar-refractivity contribution in [3.8, 4) is 0 Å². The lowest BCUT2D eigenvalue weighted by Crippen LogP contribution is -2.32. The molecule has 1 aromatic carbocycles. The molecule has 1 aromatic rings. The quantitative estimate of drug-likeness (QED) is 0.653. The minimum Gasteiger partial charge on any atom is -0.303 e. The lowest BCUT2D eigenvalue weighted by molar-refractivity contribution is 0.216. The van der Waals surface area contributed by atoms with Crippen LogP contribution in [-0.4, -0.2) is 24.5 Å². The molecule has 1 aliphatic rings. The van der Waals surface area contributed by atoms with E-state index in [4.69, 9.17) is 0 Å². The van der Waals surface area contributed by atoms with Crippen LogP contribution in [-0.2, 0) is 6.42 Å². The summed E-state index contributed by atoms with van der Waals surface area (Å²) in [7, 11) is 0. The summed E-state index contributed by atoms with van der Waals surface area (Å²) in [5, 5.41) is 0. The first-order chi connectivity index (χ1) is 9.76. The van der Waals surface area contributed by atoms with Gasteiger partial charge in [-0.3, -0.25) is 0 Å². The van der Waals surface area contributed by atoms with Gasteiger partial charge in [-0.15, -0.1) is 0 Å². The molecule has 2 atom stereocenters. The first-order valence-electron chi connectivity index (χ1n) is 8.56. The van der Waals surface area contributed by atoms with E-state index in [9.17, 15) is 0 Å². The van der Waals surface area contributed by atoms with Gasteiger partial charge in [0.25, 0.3) is 0 Å². The first kappa shape index (κ1) is 15.6. The van der Waals surface area contributed by atoms with Crippen molar-refractivity contribution in [1.82, 2.24) is 4.90 Å². The van der Waals surface area contributed by atoms with Gasteiger partial charge in [0.05, 0.1) is 0 Å². The van der Waals surface area contributed by atoms with E-state index in [1.165, 1.54) is 51.7 Å². The molecule has 0 spiro atoms. The maximum Gasteiger partial charge on any atom is 0.00186 e. The van der Waals surface area contributed by atoms with Crippen LogP contribution >= 0.6 is 0 Å². The molecule has 0 bridgehead atoms. The highest BCUT2D eigenvalue weighted by atomic mass is 15.1. The van der Waals surface area contributed by atoms with Crippen LogP contribution in [0.3, 0.4) is 0 Å². The fourth-order valence-corrected chi connectivity index (χ4v) is 3.49. The Labute approximate surface area is 125 Å². The Bertz CT molecular complexity index is 391. The van der Waals surface area contributed by atoms with Gasteiger partial charge in [-0.2, -0.15) is 0 Å². The second-order valence-electron chi connectivity index (χ2n) is 6.46. The summed E-state index contributed by atoms with van der Waals surface area (Å²) >= 11 is 0. The molecule has 0 heterocycles. The zero-order valence-electron chi connectivity index (χ0n) is 13.6. The third-order valence-electron chi connectivity index (χ3n) is 4.88. The van der Waals surface area contributed by atoms with Crippen LogP contribution in [0.2, 0.25) is 0 Å². The highest BCUT2D eigenvalue weighted by Gasteiger charge is 2.29. The summed E-state index contributed by atoms with van der Waals surface area (Å²) in [6, 6.07) is 9.06. The number of fused-ring (bicyclic) bond motifs is 1. The van der Waals surface area contributed by atoms with Crippen LogP contribution in [0.5, 0.6) is 0 Å². The first-order valence-corrected chi connectivity index (χ1v) is 8.56. The van der Waals surface area contributed by atoms with Crippen molar-refractivity contribution in [2.75, 3.05) is 19.6 Å². The van der Waals surface area contributed by atoms with E-state index in [0.717, 1.165) is 11.8 Å². The lowest BCUT2D eigenvalue weighted by Gasteiger charge is -2.27. The fraction of sp³-hybridized carbons (Fsp3) is 0.684. The van der Waals surface area contributed by atoms with Gasteiger partial charge in [0, 0.05) is 6.54 Å². The van der Waals surface area contributed by atoms with Crippen molar-refractivity contribution in [2.24, 2.45) is 5.92 Å². The van der Waals surface area contributed by atoms with Crippen LogP contribution < -0.4 is 0 Å². The number of nitrogens with zero attached hydrogens (tertiary/aromatic N) is 1. The van der Waals surface area contributed by atoms with Crippen molar-refractivity contribution in [1.29, 1.82) is 0 Å². The molecule has 1 nitrogen and oxygen atoms in total. The Morgan fingerprint density at radius 1 is 1.05 bits per heavy atom. The van der Waals surface area contributed by atoms with E-state index >= 15 is 0 Å². The van der Waals surface area contributed by atoms with Gasteiger partial charge in [-0.05, 0) is 55.3 Å². The predicted molar refractivity (Wildman–Crippen MR) is 88.3 cm³/mol. The minimum absolute atomic E-state index is 0.733. The number of benzene rings is 1. The molecule has 112 valence electrons. The predicted octanol–water partition coefficient (Wildman–Crippen LogP) is 4.86. The van der Waals surface area contributed by atoms with Gasteiger partial charge in [-0.25, -0.2) is 0 Å². The van der Waals surface area contributed by atoms with Crippen molar-refractivity contribution < 1.29 is 0 Å². The summed E-state index contributed by atoms with van der Waals surface area (Å²) < 4.78 is 0. The topological polar surface area (TPSA) is 3.24 Å². The van der Waals surface area contributed by atoms with E-state index in [1.807, 2.05) is 0 Å². The number of rotatable bonds is 8. The normalized spacial score (nSPS) is 21.4. The van der Waals surface area contributed by atoms with Gasteiger partial charge in [-0.1, -0.05) is 57.9 Å². The third kappa shape index (κ3) is 3.85. The molecule has 0 aromatic heterocycles. The minimum atomic E-state index is 0.733. The zero-order valence-corrected chi connectivity index (χ0v) is 13.6. The van der Waals surface area contributed by atoms with Crippen molar-refractivity contribution >= 4 is 0 Å². The molecule has 0 saturated heterocycles. The molecule has 0 fully saturated rings. The lowest BCUT2D eigenvalue weighted by atomic mass is 9.94. The zero-order chi connectivity index (χ0) is 14.4. The van der Waals surface area contributed by atoms with Crippen LogP contribution in [0.25, 0.3) is 0 Å². The Balaban J connectivity index is 1.94. The Morgan fingerprint density at radius 3 is 2.30 bits per heavy atom. The molecule has 0 N–H and O–H groups in total. The molecular weight excluding hydrogens is 242 g/mol. The second kappa shape index (κ2) is 7.83.